The van der Waals surface area contributed by atoms with Crippen LogP contribution in [0.1, 0.15) is 167 Å². The second-order valence-electron chi connectivity index (χ2n) is 14.2. The first-order valence-corrected chi connectivity index (χ1v) is 20.5. The highest BCUT2D eigenvalue weighted by Crippen LogP contribution is 2.21. The van der Waals surface area contributed by atoms with Crippen LogP contribution in [0.2, 0.25) is 0 Å². The van der Waals surface area contributed by atoms with Gasteiger partial charge in [0.15, 0.2) is 0 Å². The van der Waals surface area contributed by atoms with E-state index >= 15 is 0 Å². The summed E-state index contributed by atoms with van der Waals surface area (Å²) in [5, 5.41) is 0. The van der Waals surface area contributed by atoms with Gasteiger partial charge in [-0.05, 0) is 47.9 Å². The molecule has 0 aliphatic carbocycles. The van der Waals surface area contributed by atoms with Crippen molar-refractivity contribution in [2.75, 3.05) is 39.6 Å². The van der Waals surface area contributed by atoms with Crippen LogP contribution >= 0.6 is 0 Å². The lowest BCUT2D eigenvalue weighted by molar-refractivity contribution is 0.0168. The van der Waals surface area contributed by atoms with E-state index in [0.29, 0.717) is 13.2 Å². The van der Waals surface area contributed by atoms with Crippen molar-refractivity contribution in [2.45, 2.75) is 169 Å². The van der Waals surface area contributed by atoms with Gasteiger partial charge in [0.2, 0.25) is 0 Å². The number of benzene rings is 2. The van der Waals surface area contributed by atoms with Crippen molar-refractivity contribution >= 4 is 0 Å². The van der Waals surface area contributed by atoms with E-state index in [2.05, 4.69) is 86.0 Å². The highest BCUT2D eigenvalue weighted by atomic mass is 16.5. The van der Waals surface area contributed by atoms with Gasteiger partial charge in [-0.1, -0.05) is 179 Å². The number of nitrogens with zero attached hydrogens (tertiary/aromatic N) is 2. The second-order valence-corrected chi connectivity index (χ2v) is 14.2. The Balaban J connectivity index is 1.76. The summed E-state index contributed by atoms with van der Waals surface area (Å²) in [6.45, 7) is 16.6. The molecule has 0 heterocycles. The molecule has 2 aromatic rings. The van der Waals surface area contributed by atoms with Crippen molar-refractivity contribution in [3.8, 4) is 11.1 Å². The summed E-state index contributed by atoms with van der Waals surface area (Å²) < 4.78 is 12.5. The van der Waals surface area contributed by atoms with Crippen LogP contribution < -0.4 is 0 Å². The Morgan fingerprint density at radius 2 is 0.625 bits per heavy atom. The first-order chi connectivity index (χ1) is 23.7. The van der Waals surface area contributed by atoms with Gasteiger partial charge in [-0.15, -0.1) is 0 Å². The molecule has 2 aromatic carbocycles. The fraction of sp³-hybridized carbons (Fsp3) is 0.727. The maximum atomic E-state index is 6.23. The third kappa shape index (κ3) is 21.4. The zero-order chi connectivity index (χ0) is 34.3. The van der Waals surface area contributed by atoms with Crippen molar-refractivity contribution in [3.63, 3.8) is 0 Å². The molecule has 0 radical (unpaired) electrons. The number of rotatable bonds is 33. The minimum absolute atomic E-state index is 0.674. The van der Waals surface area contributed by atoms with Crippen molar-refractivity contribution in [3.05, 3.63) is 59.7 Å². The number of hydrogen-bond donors (Lipinski definition) is 0. The van der Waals surface area contributed by atoms with Crippen LogP contribution in [0.15, 0.2) is 48.5 Å². The van der Waals surface area contributed by atoms with E-state index in [4.69, 9.17) is 9.47 Å². The van der Waals surface area contributed by atoms with Gasteiger partial charge in [0.05, 0.1) is 26.7 Å². The summed E-state index contributed by atoms with van der Waals surface area (Å²) in [7, 11) is 0. The molecule has 0 fully saturated rings. The fourth-order valence-corrected chi connectivity index (χ4v) is 6.41. The SMILES string of the molecule is CCCCCCCCN(CCCCCC)COCc1ccc(-c2ccc(COCN(CCCCCC)CCCCCCCC)cc2)cc1. The molecule has 0 atom stereocenters. The summed E-state index contributed by atoms with van der Waals surface area (Å²) in [6, 6.07) is 17.9. The van der Waals surface area contributed by atoms with Gasteiger partial charge in [-0.25, -0.2) is 0 Å². The van der Waals surface area contributed by atoms with E-state index in [-0.39, 0.29) is 0 Å². The highest BCUT2D eigenvalue weighted by Gasteiger charge is 2.08. The van der Waals surface area contributed by atoms with Gasteiger partial charge in [0, 0.05) is 26.2 Å². The molecule has 0 saturated heterocycles. The minimum Gasteiger partial charge on any atom is -0.361 e. The lowest BCUT2D eigenvalue weighted by atomic mass is 10.0. The Bertz CT molecular complexity index is 881. The first-order valence-electron chi connectivity index (χ1n) is 20.5. The molecule has 0 aliphatic heterocycles. The molecule has 0 unspecified atom stereocenters. The quantitative estimate of drug-likeness (QED) is 0.0560. The summed E-state index contributed by atoms with van der Waals surface area (Å²) in [5.41, 5.74) is 5.00. The van der Waals surface area contributed by atoms with Gasteiger partial charge < -0.3 is 9.47 Å². The van der Waals surface area contributed by atoms with E-state index in [1.807, 2.05) is 0 Å². The van der Waals surface area contributed by atoms with Gasteiger partial charge in [-0.3, -0.25) is 9.80 Å². The summed E-state index contributed by atoms with van der Waals surface area (Å²) >= 11 is 0. The Hall–Kier alpha value is -1.72. The highest BCUT2D eigenvalue weighted by molar-refractivity contribution is 5.63. The van der Waals surface area contributed by atoms with Crippen LogP contribution in [0.5, 0.6) is 0 Å². The maximum absolute atomic E-state index is 6.23. The minimum atomic E-state index is 0.674. The lowest BCUT2D eigenvalue weighted by Crippen LogP contribution is -2.28. The Labute approximate surface area is 298 Å². The van der Waals surface area contributed by atoms with Crippen molar-refractivity contribution in [1.29, 1.82) is 0 Å². The van der Waals surface area contributed by atoms with Gasteiger partial charge in [0.1, 0.15) is 0 Å². The molecule has 0 N–H and O–H groups in total. The predicted molar refractivity (Wildman–Crippen MR) is 209 cm³/mol. The van der Waals surface area contributed by atoms with Gasteiger partial charge in [-0.2, -0.15) is 0 Å². The molecular weight excluding hydrogens is 588 g/mol. The second kappa shape index (κ2) is 30.1. The standard InChI is InChI=1S/C44H76N2O2/c1-5-9-13-17-19-23-35-45(33-21-15-11-7-3)39-47-37-41-25-29-43(30-26-41)44-31-27-42(28-32-44)38-48-40-46(34-22-16-12-8-4)36-24-20-18-14-10-6-2/h25-32H,5-24,33-40H2,1-4H3. The van der Waals surface area contributed by atoms with Crippen LogP contribution in [0.3, 0.4) is 0 Å². The zero-order valence-electron chi connectivity index (χ0n) is 32.1. The third-order valence-corrected chi connectivity index (χ3v) is 9.64. The predicted octanol–water partition coefficient (Wildman–Crippen LogP) is 12.8. The van der Waals surface area contributed by atoms with Crippen molar-refractivity contribution in [2.24, 2.45) is 0 Å². The van der Waals surface area contributed by atoms with Gasteiger partial charge in [0.25, 0.3) is 0 Å². The fourth-order valence-electron chi connectivity index (χ4n) is 6.41. The average Bonchev–Trinajstić information content (AvgIpc) is 3.11. The van der Waals surface area contributed by atoms with Crippen LogP contribution in [0.25, 0.3) is 11.1 Å². The van der Waals surface area contributed by atoms with Crippen LogP contribution in [0, 0.1) is 0 Å². The van der Waals surface area contributed by atoms with E-state index in [1.54, 1.807) is 0 Å². The summed E-state index contributed by atoms with van der Waals surface area (Å²) in [5.74, 6) is 0. The number of unbranched alkanes of at least 4 members (excludes halogenated alkanes) is 16. The first kappa shape index (κ1) is 42.4. The maximum Gasteiger partial charge on any atom is 0.0994 e. The lowest BCUT2D eigenvalue weighted by Gasteiger charge is -2.22. The van der Waals surface area contributed by atoms with E-state index in [0.717, 1.165) is 39.6 Å². The average molecular weight is 665 g/mol. The molecule has 4 heteroatoms. The van der Waals surface area contributed by atoms with Crippen LogP contribution in [-0.2, 0) is 22.7 Å². The van der Waals surface area contributed by atoms with Crippen molar-refractivity contribution < 1.29 is 9.47 Å². The molecule has 0 aliphatic rings. The Morgan fingerprint density at radius 3 is 0.938 bits per heavy atom. The molecule has 0 saturated carbocycles. The molecular formula is C44H76N2O2. The Morgan fingerprint density at radius 1 is 0.354 bits per heavy atom. The smallest absolute Gasteiger partial charge is 0.0994 e. The monoisotopic (exact) mass is 665 g/mol. The number of ether oxygens (including phenoxy) is 2. The topological polar surface area (TPSA) is 24.9 Å². The molecule has 274 valence electrons. The molecule has 0 amide bonds. The summed E-state index contributed by atoms with van der Waals surface area (Å²) in [6.07, 6.45) is 26.7. The largest absolute Gasteiger partial charge is 0.361 e. The summed E-state index contributed by atoms with van der Waals surface area (Å²) in [4.78, 5) is 5.08. The molecule has 4 nitrogen and oxygen atoms in total. The zero-order valence-corrected chi connectivity index (χ0v) is 32.1. The Kier molecular flexibility index (Phi) is 26.6. The van der Waals surface area contributed by atoms with E-state index in [9.17, 15) is 0 Å². The normalized spacial score (nSPS) is 11.7. The molecule has 0 spiro atoms. The number of hydrogen-bond acceptors (Lipinski definition) is 4. The van der Waals surface area contributed by atoms with Crippen LogP contribution in [0.4, 0.5) is 0 Å². The molecule has 0 bridgehead atoms. The molecule has 2 rings (SSSR count). The van der Waals surface area contributed by atoms with E-state index in [1.165, 1.54) is 151 Å². The van der Waals surface area contributed by atoms with Crippen molar-refractivity contribution in [1.82, 2.24) is 9.80 Å². The third-order valence-electron chi connectivity index (χ3n) is 9.64. The van der Waals surface area contributed by atoms with E-state index < -0.39 is 0 Å². The molecule has 0 aromatic heterocycles. The van der Waals surface area contributed by atoms with Gasteiger partial charge >= 0.3 is 0 Å². The van der Waals surface area contributed by atoms with Crippen LogP contribution in [-0.4, -0.2) is 49.4 Å². The molecule has 48 heavy (non-hydrogen) atoms.